The summed E-state index contributed by atoms with van der Waals surface area (Å²) in [7, 11) is 0. The molecule has 164 valence electrons. The second-order valence-electron chi connectivity index (χ2n) is 9.50. The largest absolute Gasteiger partial charge is 0.390 e. The SMILES string of the molecule is Cc1nc2ccnn2c2nc(-c3ccc([C@]4(N)C[C@@](C)(O)C4)cc3)c(-c3ccccc3)cc12. The summed E-state index contributed by atoms with van der Waals surface area (Å²) in [5.41, 5.74) is 12.9. The molecule has 0 aliphatic heterocycles. The average Bonchev–Trinajstić information content (AvgIpc) is 3.26. The van der Waals surface area contributed by atoms with Crippen LogP contribution in [0.25, 0.3) is 39.1 Å². The van der Waals surface area contributed by atoms with Gasteiger partial charge in [0.15, 0.2) is 11.3 Å². The highest BCUT2D eigenvalue weighted by Crippen LogP contribution is 2.46. The van der Waals surface area contributed by atoms with Crippen LogP contribution in [-0.2, 0) is 5.54 Å². The van der Waals surface area contributed by atoms with Crippen LogP contribution in [0.5, 0.6) is 0 Å². The van der Waals surface area contributed by atoms with E-state index in [1.165, 1.54) is 0 Å². The Morgan fingerprint density at radius 2 is 1.67 bits per heavy atom. The number of pyridine rings is 1. The van der Waals surface area contributed by atoms with Crippen molar-refractivity contribution in [2.75, 3.05) is 0 Å². The Morgan fingerprint density at radius 1 is 0.939 bits per heavy atom. The van der Waals surface area contributed by atoms with Crippen LogP contribution in [0.2, 0.25) is 0 Å². The van der Waals surface area contributed by atoms with Crippen molar-refractivity contribution in [3.05, 3.63) is 84.2 Å². The number of nitrogens with zero attached hydrogens (tertiary/aromatic N) is 4. The van der Waals surface area contributed by atoms with Gasteiger partial charge in [-0.25, -0.2) is 9.97 Å². The van der Waals surface area contributed by atoms with Crippen molar-refractivity contribution in [1.29, 1.82) is 0 Å². The van der Waals surface area contributed by atoms with Crippen molar-refractivity contribution in [2.24, 2.45) is 5.73 Å². The highest BCUT2D eigenvalue weighted by Gasteiger charge is 2.49. The second-order valence-corrected chi connectivity index (χ2v) is 9.50. The van der Waals surface area contributed by atoms with Crippen molar-refractivity contribution in [2.45, 2.75) is 37.8 Å². The summed E-state index contributed by atoms with van der Waals surface area (Å²) in [6, 6.07) is 22.6. The Labute approximate surface area is 191 Å². The van der Waals surface area contributed by atoms with Gasteiger partial charge in [0, 0.05) is 28.1 Å². The smallest absolute Gasteiger partial charge is 0.165 e. The summed E-state index contributed by atoms with van der Waals surface area (Å²) < 4.78 is 1.79. The first-order valence-electron chi connectivity index (χ1n) is 11.2. The number of aromatic nitrogens is 4. The lowest BCUT2D eigenvalue weighted by Crippen LogP contribution is -2.58. The predicted octanol–water partition coefficient (Wildman–Crippen LogP) is 4.62. The topological polar surface area (TPSA) is 89.3 Å². The van der Waals surface area contributed by atoms with E-state index in [0.717, 1.165) is 50.3 Å². The molecule has 0 amide bonds. The number of rotatable bonds is 3. The van der Waals surface area contributed by atoms with Gasteiger partial charge < -0.3 is 10.8 Å². The van der Waals surface area contributed by atoms with Crippen molar-refractivity contribution in [3.63, 3.8) is 0 Å². The first kappa shape index (κ1) is 20.0. The zero-order valence-corrected chi connectivity index (χ0v) is 18.7. The molecule has 0 saturated heterocycles. The molecular weight excluding hydrogens is 410 g/mol. The van der Waals surface area contributed by atoms with Crippen molar-refractivity contribution in [1.82, 2.24) is 19.6 Å². The molecule has 3 N–H and O–H groups in total. The lowest BCUT2D eigenvalue weighted by Gasteiger charge is -2.49. The van der Waals surface area contributed by atoms with Crippen LogP contribution in [-0.4, -0.2) is 30.3 Å². The highest BCUT2D eigenvalue weighted by molar-refractivity contribution is 5.92. The molecule has 1 aliphatic rings. The van der Waals surface area contributed by atoms with Crippen LogP contribution >= 0.6 is 0 Å². The minimum Gasteiger partial charge on any atom is -0.390 e. The average molecular weight is 436 g/mol. The van der Waals surface area contributed by atoms with Gasteiger partial charge in [-0.05, 0) is 43.9 Å². The Kier molecular flexibility index (Phi) is 4.21. The van der Waals surface area contributed by atoms with E-state index >= 15 is 0 Å². The van der Waals surface area contributed by atoms with Gasteiger partial charge in [-0.3, -0.25) is 0 Å². The Balaban J connectivity index is 1.55. The van der Waals surface area contributed by atoms with Gasteiger partial charge in [0.05, 0.1) is 23.2 Å². The van der Waals surface area contributed by atoms with E-state index in [-0.39, 0.29) is 0 Å². The zero-order valence-electron chi connectivity index (χ0n) is 18.7. The molecule has 0 atom stereocenters. The van der Waals surface area contributed by atoms with E-state index in [0.29, 0.717) is 12.8 Å². The summed E-state index contributed by atoms with van der Waals surface area (Å²) in [5, 5.41) is 15.6. The van der Waals surface area contributed by atoms with E-state index in [2.05, 4.69) is 47.6 Å². The van der Waals surface area contributed by atoms with Gasteiger partial charge in [-0.2, -0.15) is 9.61 Å². The standard InChI is InChI=1S/C27H25N5O/c1-17-21-14-22(18-6-4-3-5-7-18)24(31-25(21)32-23(30-17)12-13-29-32)19-8-10-20(11-9-19)27(28)15-26(2,33)16-27/h3-14,33H,15-16,28H2,1-2H3/t26-,27+. The maximum absolute atomic E-state index is 10.2. The molecule has 0 bridgehead atoms. The van der Waals surface area contributed by atoms with Crippen LogP contribution in [0.3, 0.4) is 0 Å². The monoisotopic (exact) mass is 435 g/mol. The van der Waals surface area contributed by atoms with E-state index in [4.69, 9.17) is 15.7 Å². The van der Waals surface area contributed by atoms with Gasteiger partial charge >= 0.3 is 0 Å². The molecule has 6 rings (SSSR count). The van der Waals surface area contributed by atoms with Crippen molar-refractivity contribution < 1.29 is 5.11 Å². The number of fused-ring (bicyclic) bond motifs is 3. The first-order valence-corrected chi connectivity index (χ1v) is 11.2. The fourth-order valence-electron chi connectivity index (χ4n) is 5.24. The molecule has 2 aromatic carbocycles. The Hall–Kier alpha value is -3.61. The quantitative estimate of drug-likeness (QED) is 0.432. The van der Waals surface area contributed by atoms with Crippen molar-refractivity contribution >= 4 is 16.7 Å². The zero-order chi connectivity index (χ0) is 22.8. The van der Waals surface area contributed by atoms with Gasteiger partial charge in [0.1, 0.15) is 0 Å². The molecule has 6 nitrogen and oxygen atoms in total. The molecule has 1 saturated carbocycles. The fourth-order valence-corrected chi connectivity index (χ4v) is 5.24. The van der Waals surface area contributed by atoms with E-state index in [1.807, 2.05) is 38.1 Å². The minimum absolute atomic E-state index is 0.481. The number of aliphatic hydroxyl groups is 1. The summed E-state index contributed by atoms with van der Waals surface area (Å²) >= 11 is 0. The van der Waals surface area contributed by atoms with Crippen LogP contribution in [0.4, 0.5) is 0 Å². The third kappa shape index (κ3) is 3.22. The van der Waals surface area contributed by atoms with Crippen LogP contribution < -0.4 is 5.73 Å². The van der Waals surface area contributed by atoms with E-state index in [1.54, 1.807) is 10.7 Å². The Bertz CT molecular complexity index is 1500. The van der Waals surface area contributed by atoms with Crippen LogP contribution in [0, 0.1) is 6.92 Å². The summed E-state index contributed by atoms with van der Waals surface area (Å²) in [4.78, 5) is 9.81. The summed E-state index contributed by atoms with van der Waals surface area (Å²) in [6.45, 7) is 3.85. The molecule has 0 spiro atoms. The van der Waals surface area contributed by atoms with Crippen LogP contribution in [0.1, 0.15) is 31.0 Å². The van der Waals surface area contributed by atoms with E-state index in [9.17, 15) is 5.11 Å². The summed E-state index contributed by atoms with van der Waals surface area (Å²) in [6.07, 6.45) is 2.87. The maximum atomic E-state index is 10.2. The van der Waals surface area contributed by atoms with Crippen molar-refractivity contribution in [3.8, 4) is 22.4 Å². The van der Waals surface area contributed by atoms with Gasteiger partial charge in [-0.1, -0.05) is 54.6 Å². The first-order chi connectivity index (χ1) is 15.8. The molecule has 1 aliphatic carbocycles. The van der Waals surface area contributed by atoms with Gasteiger partial charge in [-0.15, -0.1) is 0 Å². The van der Waals surface area contributed by atoms with Crippen LogP contribution in [0.15, 0.2) is 72.9 Å². The number of benzene rings is 2. The van der Waals surface area contributed by atoms with Gasteiger partial charge in [0.2, 0.25) is 0 Å². The number of hydrogen-bond donors (Lipinski definition) is 2. The Morgan fingerprint density at radius 3 is 2.36 bits per heavy atom. The third-order valence-electron chi connectivity index (χ3n) is 6.71. The van der Waals surface area contributed by atoms with E-state index < -0.39 is 11.1 Å². The normalized spacial score (nSPS) is 22.5. The molecule has 3 aromatic heterocycles. The third-order valence-corrected chi connectivity index (χ3v) is 6.71. The second kappa shape index (κ2) is 6.94. The molecular formula is C27H25N5O. The molecule has 0 radical (unpaired) electrons. The minimum atomic E-state index is -0.686. The number of aryl methyl sites for hydroxylation is 1. The molecule has 3 heterocycles. The highest BCUT2D eigenvalue weighted by atomic mass is 16.3. The molecule has 33 heavy (non-hydrogen) atoms. The fraction of sp³-hybridized carbons (Fsp3) is 0.222. The maximum Gasteiger partial charge on any atom is 0.165 e. The predicted molar refractivity (Wildman–Crippen MR) is 130 cm³/mol. The molecule has 6 heteroatoms. The van der Waals surface area contributed by atoms with Gasteiger partial charge in [0.25, 0.3) is 0 Å². The number of hydrogen-bond acceptors (Lipinski definition) is 5. The summed E-state index contributed by atoms with van der Waals surface area (Å²) in [5.74, 6) is 0. The molecule has 5 aromatic rings. The lowest BCUT2D eigenvalue weighted by atomic mass is 9.63. The molecule has 1 fully saturated rings. The lowest BCUT2D eigenvalue weighted by molar-refractivity contribution is -0.0738. The molecule has 0 unspecified atom stereocenters. The number of nitrogens with two attached hydrogens (primary N) is 1.